The fourth-order valence-electron chi connectivity index (χ4n) is 4.95. The Morgan fingerprint density at radius 2 is 1.83 bits per heavy atom. The molecule has 1 atom stereocenters. The third kappa shape index (κ3) is 3.84. The average molecular weight is 388 g/mol. The maximum Gasteiger partial charge on any atom is 0.220 e. The van der Waals surface area contributed by atoms with Crippen LogP contribution in [0.15, 0.2) is 42.4 Å². The van der Waals surface area contributed by atoms with Crippen LogP contribution in [0.1, 0.15) is 88.0 Å². The molecule has 1 nitrogen and oxygen atoms in total. The fourth-order valence-corrected chi connectivity index (χ4v) is 4.95. The summed E-state index contributed by atoms with van der Waals surface area (Å²) in [5, 5.41) is 2.28. The summed E-state index contributed by atoms with van der Waals surface area (Å²) in [4.78, 5) is 0. The molecule has 152 valence electrons. The highest BCUT2D eigenvalue weighted by Crippen LogP contribution is 2.37. The van der Waals surface area contributed by atoms with Gasteiger partial charge in [-0.2, -0.15) is 4.57 Å². The summed E-state index contributed by atoms with van der Waals surface area (Å²) in [6.07, 6.45) is 7.85. The van der Waals surface area contributed by atoms with Gasteiger partial charge < -0.3 is 0 Å². The number of hydrogen-bond donors (Lipinski definition) is 0. The van der Waals surface area contributed by atoms with Gasteiger partial charge in [0.05, 0.1) is 6.76 Å². The van der Waals surface area contributed by atoms with Gasteiger partial charge in [0.1, 0.15) is 7.05 Å². The molecular formula is C28H36N+. The Kier molecular flexibility index (Phi) is 5.40. The van der Waals surface area contributed by atoms with Crippen molar-refractivity contribution in [2.75, 3.05) is 0 Å². The van der Waals surface area contributed by atoms with Crippen LogP contribution in [0.5, 0.6) is 0 Å². The van der Waals surface area contributed by atoms with Crippen LogP contribution in [0.4, 0.5) is 0 Å². The Bertz CT molecular complexity index is 1080. The zero-order valence-corrected chi connectivity index (χ0v) is 18.8. The van der Waals surface area contributed by atoms with E-state index < -0.39 is 0 Å². The van der Waals surface area contributed by atoms with Gasteiger partial charge in [0.15, 0.2) is 5.69 Å². The molecule has 4 rings (SSSR count). The SMILES string of the molecule is [2H]c1c(C)[n+](C)c(-c2cc(C3CCCCC3)ccc2C)c2ccc(C(C)CC)cc12. The summed E-state index contributed by atoms with van der Waals surface area (Å²) in [5.74, 6) is 1.21. The van der Waals surface area contributed by atoms with Gasteiger partial charge in [-0.15, -0.1) is 0 Å². The molecule has 0 N–H and O–H groups in total. The second-order valence-electron chi connectivity index (χ2n) is 9.14. The van der Waals surface area contributed by atoms with E-state index in [1.54, 1.807) is 0 Å². The second kappa shape index (κ2) is 8.30. The largest absolute Gasteiger partial charge is 0.220 e. The van der Waals surface area contributed by atoms with Crippen LogP contribution in [-0.4, -0.2) is 0 Å². The molecule has 2 aromatic carbocycles. The summed E-state index contributed by atoms with van der Waals surface area (Å²) >= 11 is 0. The molecule has 1 aromatic heterocycles. The number of rotatable bonds is 4. The highest BCUT2D eigenvalue weighted by Gasteiger charge is 2.23. The van der Waals surface area contributed by atoms with Gasteiger partial charge >= 0.3 is 0 Å². The number of fused-ring (bicyclic) bond motifs is 1. The molecule has 0 spiro atoms. The van der Waals surface area contributed by atoms with E-state index in [-0.39, 0.29) is 0 Å². The Hall–Kier alpha value is -2.15. The monoisotopic (exact) mass is 387 g/mol. The Morgan fingerprint density at radius 1 is 1.07 bits per heavy atom. The van der Waals surface area contributed by atoms with Crippen molar-refractivity contribution >= 4 is 10.8 Å². The highest BCUT2D eigenvalue weighted by molar-refractivity contribution is 5.94. The van der Waals surface area contributed by atoms with Gasteiger partial charge in [0.25, 0.3) is 0 Å². The Morgan fingerprint density at radius 3 is 2.55 bits per heavy atom. The van der Waals surface area contributed by atoms with Gasteiger partial charge in [-0.05, 0) is 72.2 Å². The van der Waals surface area contributed by atoms with Crippen molar-refractivity contribution in [3.63, 3.8) is 0 Å². The summed E-state index contributed by atoms with van der Waals surface area (Å²) in [7, 11) is 2.12. The summed E-state index contributed by atoms with van der Waals surface area (Å²) < 4.78 is 11.1. The summed E-state index contributed by atoms with van der Waals surface area (Å²) in [5.41, 5.74) is 7.75. The molecule has 0 saturated heterocycles. The van der Waals surface area contributed by atoms with E-state index in [4.69, 9.17) is 1.37 Å². The van der Waals surface area contributed by atoms with Crippen LogP contribution in [0.25, 0.3) is 22.0 Å². The third-order valence-electron chi connectivity index (χ3n) is 7.23. The molecule has 1 aliphatic rings. The lowest BCUT2D eigenvalue weighted by Crippen LogP contribution is -2.35. The van der Waals surface area contributed by atoms with Crippen LogP contribution in [0.3, 0.4) is 0 Å². The van der Waals surface area contributed by atoms with Crippen molar-refractivity contribution in [3.8, 4) is 11.3 Å². The van der Waals surface area contributed by atoms with Crippen molar-refractivity contribution < 1.29 is 5.94 Å². The van der Waals surface area contributed by atoms with E-state index in [2.05, 4.69) is 75.7 Å². The minimum absolute atomic E-state index is 0.517. The molecule has 1 heterocycles. The smallest absolute Gasteiger partial charge is 0.198 e. The molecule has 0 bridgehead atoms. The van der Waals surface area contributed by atoms with Crippen LogP contribution in [0.2, 0.25) is 0 Å². The topological polar surface area (TPSA) is 3.88 Å². The van der Waals surface area contributed by atoms with Gasteiger partial charge in [0.2, 0.25) is 5.69 Å². The van der Waals surface area contributed by atoms with Crippen LogP contribution in [0, 0.1) is 13.8 Å². The first-order chi connectivity index (χ1) is 14.4. The minimum atomic E-state index is 0.517. The third-order valence-corrected chi connectivity index (χ3v) is 7.23. The summed E-state index contributed by atoms with van der Waals surface area (Å²) in [6.45, 7) is 8.82. The van der Waals surface area contributed by atoms with E-state index in [0.29, 0.717) is 17.9 Å². The van der Waals surface area contributed by atoms with Crippen molar-refractivity contribution in [1.82, 2.24) is 0 Å². The molecule has 29 heavy (non-hydrogen) atoms. The molecule has 0 amide bonds. The molecule has 1 heteroatoms. The first kappa shape index (κ1) is 18.9. The first-order valence-electron chi connectivity index (χ1n) is 12.0. The van der Waals surface area contributed by atoms with E-state index in [1.807, 2.05) is 0 Å². The number of hydrogen-bond acceptors (Lipinski definition) is 0. The number of aryl methyl sites for hydroxylation is 1. The van der Waals surface area contributed by atoms with Gasteiger partial charge in [-0.1, -0.05) is 57.4 Å². The number of nitrogens with zero attached hydrogens (tertiary/aromatic N) is 1. The lowest BCUT2D eigenvalue weighted by atomic mass is 9.82. The Balaban J connectivity index is 1.94. The van der Waals surface area contributed by atoms with Crippen molar-refractivity contribution in [2.24, 2.45) is 7.05 Å². The molecule has 0 radical (unpaired) electrons. The zero-order chi connectivity index (χ0) is 21.4. The van der Waals surface area contributed by atoms with Crippen molar-refractivity contribution in [1.29, 1.82) is 0 Å². The molecule has 1 aliphatic carbocycles. The van der Waals surface area contributed by atoms with E-state index in [9.17, 15) is 0 Å². The number of aromatic nitrogens is 1. The van der Waals surface area contributed by atoms with Crippen LogP contribution < -0.4 is 4.57 Å². The molecule has 0 aliphatic heterocycles. The van der Waals surface area contributed by atoms with Crippen molar-refractivity contribution in [2.45, 2.75) is 78.1 Å². The fraction of sp³-hybridized carbons (Fsp3) is 0.464. The van der Waals surface area contributed by atoms with Crippen LogP contribution >= 0.6 is 0 Å². The quantitative estimate of drug-likeness (QED) is 0.408. The first-order valence-corrected chi connectivity index (χ1v) is 11.5. The normalized spacial score (nSPS) is 16.8. The predicted molar refractivity (Wildman–Crippen MR) is 125 cm³/mol. The molecule has 3 aromatic rings. The maximum absolute atomic E-state index is 8.82. The predicted octanol–water partition coefficient (Wildman–Crippen LogP) is 7.51. The van der Waals surface area contributed by atoms with E-state index >= 15 is 0 Å². The number of benzene rings is 2. The van der Waals surface area contributed by atoms with E-state index in [0.717, 1.165) is 17.5 Å². The summed E-state index contributed by atoms with van der Waals surface area (Å²) in [6, 6.07) is 14.6. The molecule has 1 unspecified atom stereocenters. The zero-order valence-electron chi connectivity index (χ0n) is 19.8. The maximum atomic E-state index is 8.82. The van der Waals surface area contributed by atoms with Crippen LogP contribution in [-0.2, 0) is 7.05 Å². The van der Waals surface area contributed by atoms with Gasteiger partial charge in [-0.25, -0.2) is 0 Å². The van der Waals surface area contributed by atoms with Crippen molar-refractivity contribution in [3.05, 3.63) is 64.8 Å². The lowest BCUT2D eigenvalue weighted by Gasteiger charge is -2.23. The Labute approximate surface area is 178 Å². The molecular weight excluding hydrogens is 350 g/mol. The van der Waals surface area contributed by atoms with Gasteiger partial charge in [-0.3, -0.25) is 0 Å². The standard InChI is InChI=1S/C28H36N/c1-6-19(2)23-14-15-26-25(17-23)16-21(4)29(5)28(26)27-18-24(13-12-20(27)3)22-10-8-7-9-11-22/h12-19,22H,6-11H2,1-5H3/q+1/i16D. The second-order valence-corrected chi connectivity index (χ2v) is 9.14. The molecule has 1 saturated carbocycles. The highest BCUT2D eigenvalue weighted by atomic mass is 14.9. The number of pyridine rings is 1. The van der Waals surface area contributed by atoms with E-state index in [1.165, 1.54) is 65.4 Å². The molecule has 1 fully saturated rings. The minimum Gasteiger partial charge on any atom is -0.198 e. The van der Waals surface area contributed by atoms with Gasteiger partial charge in [0, 0.05) is 18.5 Å². The average Bonchev–Trinajstić information content (AvgIpc) is 2.78. The lowest BCUT2D eigenvalue weighted by molar-refractivity contribution is -0.665.